The molecule has 2 fully saturated rings. The number of likely N-dealkylation sites (tertiary alicyclic amines) is 2. The summed E-state index contributed by atoms with van der Waals surface area (Å²) in [5.41, 5.74) is 3.58. The summed E-state index contributed by atoms with van der Waals surface area (Å²) in [6.45, 7) is 10.9. The highest BCUT2D eigenvalue weighted by atomic mass is 16.5. The molecule has 2 aliphatic heterocycles. The number of aromatic nitrogens is 2. The van der Waals surface area contributed by atoms with Gasteiger partial charge in [-0.05, 0) is 25.8 Å². The third-order valence-electron chi connectivity index (χ3n) is 5.98. The molecule has 0 atom stereocenters. The van der Waals surface area contributed by atoms with Gasteiger partial charge in [-0.15, -0.1) is 0 Å². The van der Waals surface area contributed by atoms with Gasteiger partial charge < -0.3 is 25.0 Å². The second-order valence-electron chi connectivity index (χ2n) is 8.16. The van der Waals surface area contributed by atoms with Gasteiger partial charge in [0.2, 0.25) is 17.6 Å². The molecular formula is C22H28N6O2. The Morgan fingerprint density at radius 3 is 2.63 bits per heavy atom. The predicted octanol–water partition coefficient (Wildman–Crippen LogP) is 3.09. The number of nitrogens with one attached hydrogen (secondary N) is 2. The Labute approximate surface area is 176 Å². The van der Waals surface area contributed by atoms with E-state index in [4.69, 9.17) is 9.93 Å². The van der Waals surface area contributed by atoms with Gasteiger partial charge in [0.05, 0.1) is 6.04 Å². The lowest BCUT2D eigenvalue weighted by Gasteiger charge is -2.39. The topological polar surface area (TPSA) is 98.4 Å². The molecule has 2 N–H and O–H groups in total. The summed E-state index contributed by atoms with van der Waals surface area (Å²) < 4.78 is 5.59. The van der Waals surface area contributed by atoms with E-state index in [1.54, 1.807) is 11.8 Å². The summed E-state index contributed by atoms with van der Waals surface area (Å²) in [7, 11) is 0. The van der Waals surface area contributed by atoms with Crippen LogP contribution in [0.4, 0.5) is 5.69 Å². The van der Waals surface area contributed by atoms with Crippen LogP contribution in [-0.4, -0.2) is 64.3 Å². The lowest BCUT2D eigenvalue weighted by Crippen LogP contribution is -2.56. The fourth-order valence-corrected chi connectivity index (χ4v) is 4.02. The summed E-state index contributed by atoms with van der Waals surface area (Å²) in [4.78, 5) is 20.1. The van der Waals surface area contributed by atoms with Gasteiger partial charge >= 0.3 is 0 Å². The van der Waals surface area contributed by atoms with Crippen molar-refractivity contribution in [2.24, 2.45) is 0 Å². The predicted molar refractivity (Wildman–Crippen MR) is 116 cm³/mol. The molecule has 0 radical (unpaired) electrons. The quantitative estimate of drug-likeness (QED) is 0.713. The van der Waals surface area contributed by atoms with Crippen LogP contribution in [0.2, 0.25) is 0 Å². The van der Waals surface area contributed by atoms with Gasteiger partial charge in [-0.1, -0.05) is 23.9 Å². The minimum atomic E-state index is 0.0856. The average molecular weight is 409 g/mol. The number of amides is 1. The number of rotatable bonds is 6. The third kappa shape index (κ3) is 4.08. The van der Waals surface area contributed by atoms with Crippen LogP contribution in [0, 0.1) is 5.41 Å². The standard InChI is InChI=1S/C22H28N6O2/c1-14(2)27-8-6-16(7-9-27)22-25-21(26-30-22)17-4-5-18(11-23)20(10-17)24-19-12-28(13-19)15(3)29/h4-5,10-11,16,19,23-24H,1,6-9,12-13H2,2-3H3. The van der Waals surface area contributed by atoms with Gasteiger partial charge in [0, 0.05) is 67.7 Å². The number of nitrogens with zero attached hydrogens (tertiary/aromatic N) is 4. The zero-order valence-electron chi connectivity index (χ0n) is 17.5. The Hall–Kier alpha value is -3.16. The molecule has 2 saturated heterocycles. The minimum absolute atomic E-state index is 0.0856. The van der Waals surface area contributed by atoms with Gasteiger partial charge in [-0.25, -0.2) is 0 Å². The molecule has 1 amide bonds. The number of allylic oxidation sites excluding steroid dienone is 1. The summed E-state index contributed by atoms with van der Waals surface area (Å²) in [5, 5.41) is 15.3. The van der Waals surface area contributed by atoms with E-state index >= 15 is 0 Å². The SMILES string of the molecule is C=C(C)N1CCC(c2nc(-c3ccc(C=N)c(NC4CN(C(C)=O)C4)c3)no2)CC1. The maximum Gasteiger partial charge on any atom is 0.230 e. The molecule has 1 aromatic heterocycles. The van der Waals surface area contributed by atoms with E-state index in [-0.39, 0.29) is 17.9 Å². The highest BCUT2D eigenvalue weighted by Crippen LogP contribution is 2.31. The maximum atomic E-state index is 11.4. The van der Waals surface area contributed by atoms with Crippen LogP contribution in [-0.2, 0) is 4.79 Å². The molecule has 8 nitrogen and oxygen atoms in total. The van der Waals surface area contributed by atoms with Crippen molar-refractivity contribution in [3.8, 4) is 11.4 Å². The monoisotopic (exact) mass is 408 g/mol. The number of benzene rings is 1. The molecule has 4 rings (SSSR count). The fraction of sp³-hybridized carbons (Fsp3) is 0.455. The van der Waals surface area contributed by atoms with E-state index in [0.29, 0.717) is 24.8 Å². The highest BCUT2D eigenvalue weighted by molar-refractivity contribution is 5.88. The number of carbonyl (C=O) groups excluding carboxylic acids is 1. The molecule has 0 saturated carbocycles. The molecule has 8 heteroatoms. The van der Waals surface area contributed by atoms with Crippen molar-refractivity contribution in [3.63, 3.8) is 0 Å². The average Bonchev–Trinajstić information content (AvgIpc) is 3.20. The summed E-state index contributed by atoms with van der Waals surface area (Å²) >= 11 is 0. The largest absolute Gasteiger partial charge is 0.378 e. The molecule has 0 spiro atoms. The number of piperidine rings is 1. The van der Waals surface area contributed by atoms with Gasteiger partial charge in [0.15, 0.2) is 0 Å². The maximum absolute atomic E-state index is 11.4. The van der Waals surface area contributed by atoms with Crippen molar-refractivity contribution >= 4 is 17.8 Å². The van der Waals surface area contributed by atoms with Crippen molar-refractivity contribution < 1.29 is 9.32 Å². The normalized spacial score (nSPS) is 17.5. The van der Waals surface area contributed by atoms with Crippen molar-refractivity contribution in [1.29, 1.82) is 5.41 Å². The molecular weight excluding hydrogens is 380 g/mol. The van der Waals surface area contributed by atoms with Gasteiger partial charge in [-0.2, -0.15) is 4.98 Å². The van der Waals surface area contributed by atoms with Crippen LogP contribution in [0.3, 0.4) is 0 Å². The molecule has 158 valence electrons. The molecule has 0 aliphatic carbocycles. The van der Waals surface area contributed by atoms with Crippen LogP contribution in [0.25, 0.3) is 11.4 Å². The summed E-state index contributed by atoms with van der Waals surface area (Å²) in [6.07, 6.45) is 3.27. The fourth-order valence-electron chi connectivity index (χ4n) is 4.02. The third-order valence-corrected chi connectivity index (χ3v) is 5.98. The van der Waals surface area contributed by atoms with Gasteiger partial charge in [0.25, 0.3) is 0 Å². The number of anilines is 1. The van der Waals surface area contributed by atoms with E-state index in [1.165, 1.54) is 6.21 Å². The second-order valence-corrected chi connectivity index (χ2v) is 8.16. The Kier molecular flexibility index (Phi) is 5.57. The minimum Gasteiger partial charge on any atom is -0.378 e. The molecule has 2 aromatic rings. The van der Waals surface area contributed by atoms with Crippen molar-refractivity contribution in [2.45, 2.75) is 38.6 Å². The van der Waals surface area contributed by atoms with E-state index in [1.807, 2.05) is 25.1 Å². The van der Waals surface area contributed by atoms with Gasteiger partial charge in [0.1, 0.15) is 0 Å². The molecule has 3 heterocycles. The first-order valence-corrected chi connectivity index (χ1v) is 10.4. The Bertz CT molecular complexity index is 954. The van der Waals surface area contributed by atoms with Crippen molar-refractivity contribution in [2.75, 3.05) is 31.5 Å². The zero-order valence-corrected chi connectivity index (χ0v) is 17.5. The second kappa shape index (κ2) is 8.30. The van der Waals surface area contributed by atoms with Crippen LogP contribution in [0.5, 0.6) is 0 Å². The van der Waals surface area contributed by atoms with Crippen LogP contribution >= 0.6 is 0 Å². The first-order valence-electron chi connectivity index (χ1n) is 10.4. The molecule has 2 aliphatic rings. The lowest BCUT2D eigenvalue weighted by molar-refractivity contribution is -0.132. The van der Waals surface area contributed by atoms with E-state index in [9.17, 15) is 4.79 Å². The molecule has 1 aromatic carbocycles. The Morgan fingerprint density at radius 1 is 1.27 bits per heavy atom. The summed E-state index contributed by atoms with van der Waals surface area (Å²) in [5.74, 6) is 1.61. The van der Waals surface area contributed by atoms with E-state index < -0.39 is 0 Å². The number of hydrogen-bond acceptors (Lipinski definition) is 7. The van der Waals surface area contributed by atoms with Gasteiger partial charge in [-0.3, -0.25) is 4.79 Å². The Balaban J connectivity index is 1.46. The first kappa shape index (κ1) is 20.1. The molecule has 30 heavy (non-hydrogen) atoms. The van der Waals surface area contributed by atoms with Crippen LogP contribution in [0.15, 0.2) is 35.0 Å². The van der Waals surface area contributed by atoms with Crippen molar-refractivity contribution in [3.05, 3.63) is 41.9 Å². The van der Waals surface area contributed by atoms with E-state index in [2.05, 4.69) is 26.9 Å². The summed E-state index contributed by atoms with van der Waals surface area (Å²) in [6, 6.07) is 5.93. The Morgan fingerprint density at radius 2 is 2.00 bits per heavy atom. The van der Waals surface area contributed by atoms with Crippen molar-refractivity contribution in [1.82, 2.24) is 19.9 Å². The van der Waals surface area contributed by atoms with Crippen LogP contribution < -0.4 is 5.32 Å². The smallest absolute Gasteiger partial charge is 0.230 e. The number of carbonyl (C=O) groups is 1. The van der Waals surface area contributed by atoms with Crippen LogP contribution in [0.1, 0.15) is 44.1 Å². The highest BCUT2D eigenvalue weighted by Gasteiger charge is 2.29. The molecule has 0 bridgehead atoms. The zero-order chi connectivity index (χ0) is 21.3. The lowest BCUT2D eigenvalue weighted by atomic mass is 9.96. The molecule has 0 unspecified atom stereocenters. The van der Waals surface area contributed by atoms with E-state index in [0.717, 1.165) is 48.4 Å². The number of hydrogen-bond donors (Lipinski definition) is 2. The first-order chi connectivity index (χ1) is 14.4.